The van der Waals surface area contributed by atoms with Gasteiger partial charge in [-0.25, -0.2) is 0 Å². The molecule has 0 atom stereocenters. The summed E-state index contributed by atoms with van der Waals surface area (Å²) < 4.78 is 0. The molecule has 0 radical (unpaired) electrons. The number of nitrogens with zero attached hydrogens (tertiary/aromatic N) is 2. The van der Waals surface area contributed by atoms with Gasteiger partial charge in [0.05, 0.1) is 12.5 Å². The average Bonchev–Trinajstić information content (AvgIpc) is 2.26. The van der Waals surface area contributed by atoms with Crippen molar-refractivity contribution in [3.63, 3.8) is 0 Å². The second-order valence-corrected chi connectivity index (χ2v) is 4.90. The van der Waals surface area contributed by atoms with Crippen LogP contribution in [0.4, 0.5) is 11.4 Å². The maximum Gasteiger partial charge on any atom is 0.0670 e. The first-order valence-electron chi connectivity index (χ1n) is 6.17. The van der Waals surface area contributed by atoms with E-state index >= 15 is 0 Å². The molecule has 1 saturated carbocycles. The molecule has 0 unspecified atom stereocenters. The predicted molar refractivity (Wildman–Crippen MR) is 70.8 cm³/mol. The summed E-state index contributed by atoms with van der Waals surface area (Å²) in [7, 11) is 2.11. The van der Waals surface area contributed by atoms with Gasteiger partial charge in [0.25, 0.3) is 0 Å². The van der Waals surface area contributed by atoms with Crippen LogP contribution in [0.2, 0.25) is 0 Å². The number of anilines is 2. The highest BCUT2D eigenvalue weighted by Gasteiger charge is 2.19. The van der Waals surface area contributed by atoms with Crippen molar-refractivity contribution in [2.45, 2.75) is 25.7 Å². The van der Waals surface area contributed by atoms with Crippen molar-refractivity contribution in [3.8, 4) is 6.07 Å². The Hall–Kier alpha value is -1.69. The first-order chi connectivity index (χ1) is 8.20. The zero-order chi connectivity index (χ0) is 12.3. The van der Waals surface area contributed by atoms with Crippen LogP contribution >= 0.6 is 0 Å². The van der Waals surface area contributed by atoms with Crippen molar-refractivity contribution >= 4 is 11.4 Å². The lowest BCUT2D eigenvalue weighted by Crippen LogP contribution is -2.29. The summed E-state index contributed by atoms with van der Waals surface area (Å²) in [6, 6.07) is 8.13. The van der Waals surface area contributed by atoms with Gasteiger partial charge in [-0.2, -0.15) is 5.26 Å². The Bertz CT molecular complexity index is 430. The highest BCUT2D eigenvalue weighted by Crippen LogP contribution is 2.29. The van der Waals surface area contributed by atoms with Gasteiger partial charge in [-0.1, -0.05) is 6.42 Å². The minimum Gasteiger partial charge on any atom is -0.398 e. The Labute approximate surface area is 103 Å². The van der Waals surface area contributed by atoms with Gasteiger partial charge in [-0.3, -0.25) is 0 Å². The topological polar surface area (TPSA) is 53.0 Å². The third-order valence-electron chi connectivity index (χ3n) is 3.59. The molecule has 0 spiro atoms. The van der Waals surface area contributed by atoms with E-state index in [0.717, 1.165) is 23.7 Å². The molecule has 0 saturated heterocycles. The van der Waals surface area contributed by atoms with Gasteiger partial charge < -0.3 is 10.6 Å². The number of hydrogen-bond donors (Lipinski definition) is 1. The Kier molecular flexibility index (Phi) is 3.53. The van der Waals surface area contributed by atoms with E-state index in [1.807, 2.05) is 18.2 Å². The van der Waals surface area contributed by atoms with E-state index in [4.69, 9.17) is 11.0 Å². The summed E-state index contributed by atoms with van der Waals surface area (Å²) in [6.07, 6.45) is 4.46. The Morgan fingerprint density at radius 1 is 1.47 bits per heavy atom. The zero-order valence-electron chi connectivity index (χ0n) is 10.3. The van der Waals surface area contributed by atoms with E-state index in [2.05, 4.69) is 18.0 Å². The van der Waals surface area contributed by atoms with Gasteiger partial charge in [0.15, 0.2) is 0 Å². The minimum atomic E-state index is 0.386. The van der Waals surface area contributed by atoms with Crippen molar-refractivity contribution in [3.05, 3.63) is 23.8 Å². The van der Waals surface area contributed by atoms with E-state index in [1.54, 1.807) is 0 Å². The van der Waals surface area contributed by atoms with E-state index in [9.17, 15) is 0 Å². The highest BCUT2D eigenvalue weighted by molar-refractivity contribution is 5.59. The summed E-state index contributed by atoms with van der Waals surface area (Å²) in [6.45, 7) is 1.11. The van der Waals surface area contributed by atoms with Gasteiger partial charge in [0.1, 0.15) is 0 Å². The quantitative estimate of drug-likeness (QED) is 0.807. The number of nitriles is 1. The second kappa shape index (κ2) is 5.09. The van der Waals surface area contributed by atoms with Gasteiger partial charge in [-0.15, -0.1) is 0 Å². The molecule has 0 amide bonds. The van der Waals surface area contributed by atoms with Gasteiger partial charge in [0.2, 0.25) is 0 Å². The summed E-state index contributed by atoms with van der Waals surface area (Å²) in [5, 5.41) is 8.75. The summed E-state index contributed by atoms with van der Waals surface area (Å²) in [4.78, 5) is 2.27. The SMILES string of the molecule is CN(CC1CCC1)c1ccc(N)c(CC#N)c1. The zero-order valence-corrected chi connectivity index (χ0v) is 10.3. The fraction of sp³-hybridized carbons (Fsp3) is 0.500. The third-order valence-corrected chi connectivity index (χ3v) is 3.59. The predicted octanol–water partition coefficient (Wildman–Crippen LogP) is 2.57. The van der Waals surface area contributed by atoms with Crippen molar-refractivity contribution in [1.82, 2.24) is 0 Å². The van der Waals surface area contributed by atoms with E-state index in [1.165, 1.54) is 19.3 Å². The first-order valence-corrected chi connectivity index (χ1v) is 6.17. The summed E-state index contributed by atoms with van der Waals surface area (Å²) >= 11 is 0. The lowest BCUT2D eigenvalue weighted by atomic mass is 9.85. The van der Waals surface area contributed by atoms with Crippen molar-refractivity contribution in [2.24, 2.45) is 5.92 Å². The van der Waals surface area contributed by atoms with Crippen LogP contribution in [0.3, 0.4) is 0 Å². The van der Waals surface area contributed by atoms with E-state index < -0.39 is 0 Å². The standard InChI is InChI=1S/C14H19N3/c1-17(10-11-3-2-4-11)13-5-6-14(16)12(9-13)7-8-15/h5-6,9,11H,2-4,7,10,16H2,1H3. The monoisotopic (exact) mass is 229 g/mol. The van der Waals surface area contributed by atoms with E-state index in [0.29, 0.717) is 12.1 Å². The maximum absolute atomic E-state index is 8.75. The number of hydrogen-bond acceptors (Lipinski definition) is 3. The van der Waals surface area contributed by atoms with Gasteiger partial charge >= 0.3 is 0 Å². The summed E-state index contributed by atoms with van der Waals surface area (Å²) in [5.74, 6) is 0.844. The largest absolute Gasteiger partial charge is 0.398 e. The van der Waals surface area contributed by atoms with Crippen LogP contribution in [0.15, 0.2) is 18.2 Å². The second-order valence-electron chi connectivity index (χ2n) is 4.90. The molecule has 0 bridgehead atoms. The van der Waals surface area contributed by atoms with Crippen LogP contribution in [0, 0.1) is 17.2 Å². The van der Waals surface area contributed by atoms with Crippen molar-refractivity contribution in [1.29, 1.82) is 5.26 Å². The maximum atomic E-state index is 8.75. The minimum absolute atomic E-state index is 0.386. The Morgan fingerprint density at radius 3 is 2.82 bits per heavy atom. The van der Waals surface area contributed by atoms with Crippen LogP contribution in [0.1, 0.15) is 24.8 Å². The average molecular weight is 229 g/mol. The van der Waals surface area contributed by atoms with Crippen LogP contribution < -0.4 is 10.6 Å². The molecular weight excluding hydrogens is 210 g/mol. The molecule has 1 fully saturated rings. The van der Waals surface area contributed by atoms with Crippen LogP contribution in [-0.4, -0.2) is 13.6 Å². The normalized spacial score (nSPS) is 15.1. The van der Waals surface area contributed by atoms with Gasteiger partial charge in [0, 0.05) is 25.0 Å². The number of nitrogens with two attached hydrogens (primary N) is 1. The molecule has 2 rings (SSSR count). The first kappa shape index (κ1) is 11.8. The molecule has 2 N–H and O–H groups in total. The Balaban J connectivity index is 2.08. The smallest absolute Gasteiger partial charge is 0.0670 e. The molecule has 1 aromatic rings. The molecule has 0 aliphatic heterocycles. The lowest BCUT2D eigenvalue weighted by molar-refractivity contribution is 0.321. The van der Waals surface area contributed by atoms with Crippen molar-refractivity contribution in [2.75, 3.05) is 24.2 Å². The molecule has 1 aliphatic rings. The number of rotatable bonds is 4. The molecule has 90 valence electrons. The summed E-state index contributed by atoms with van der Waals surface area (Å²) in [5.41, 5.74) is 8.66. The molecular formula is C14H19N3. The fourth-order valence-electron chi connectivity index (χ4n) is 2.24. The lowest BCUT2D eigenvalue weighted by Gasteiger charge is -2.31. The number of benzene rings is 1. The number of nitrogen functional groups attached to an aromatic ring is 1. The fourth-order valence-corrected chi connectivity index (χ4v) is 2.24. The van der Waals surface area contributed by atoms with Crippen LogP contribution in [-0.2, 0) is 6.42 Å². The molecule has 0 aromatic heterocycles. The van der Waals surface area contributed by atoms with E-state index in [-0.39, 0.29) is 0 Å². The van der Waals surface area contributed by atoms with Crippen LogP contribution in [0.25, 0.3) is 0 Å². The highest BCUT2D eigenvalue weighted by atomic mass is 15.1. The molecule has 0 heterocycles. The van der Waals surface area contributed by atoms with Crippen molar-refractivity contribution < 1.29 is 0 Å². The third kappa shape index (κ3) is 2.71. The molecule has 3 nitrogen and oxygen atoms in total. The molecule has 3 heteroatoms. The molecule has 1 aromatic carbocycles. The van der Waals surface area contributed by atoms with Gasteiger partial charge in [-0.05, 0) is 42.5 Å². The van der Waals surface area contributed by atoms with Crippen LogP contribution in [0.5, 0.6) is 0 Å². The molecule has 17 heavy (non-hydrogen) atoms. The molecule has 1 aliphatic carbocycles. The Morgan fingerprint density at radius 2 is 2.24 bits per heavy atom.